The van der Waals surface area contributed by atoms with Crippen molar-refractivity contribution in [1.29, 1.82) is 0 Å². The Morgan fingerprint density at radius 2 is 2.17 bits per heavy atom. The lowest BCUT2D eigenvalue weighted by Gasteiger charge is -2.29. The molecule has 1 aromatic heterocycles. The molecule has 0 amide bonds. The van der Waals surface area contributed by atoms with Gasteiger partial charge in [0.25, 0.3) is 0 Å². The van der Waals surface area contributed by atoms with E-state index in [4.69, 9.17) is 4.74 Å². The fourth-order valence-corrected chi connectivity index (χ4v) is 2.12. The molecule has 0 radical (unpaired) electrons. The van der Waals surface area contributed by atoms with E-state index >= 15 is 0 Å². The summed E-state index contributed by atoms with van der Waals surface area (Å²) in [5.74, 6) is 1.78. The minimum atomic E-state index is 0.675. The normalized spacial score (nSPS) is 16.3. The molecule has 1 N–H and O–H groups in total. The van der Waals surface area contributed by atoms with Crippen LogP contribution in [0.1, 0.15) is 19.4 Å². The molecule has 0 unspecified atom stereocenters. The molecular formula is C14H23N3O. The largest absolute Gasteiger partial charge is 0.378 e. The van der Waals surface area contributed by atoms with Gasteiger partial charge < -0.3 is 15.0 Å². The summed E-state index contributed by atoms with van der Waals surface area (Å²) in [7, 11) is 0. The predicted molar refractivity (Wildman–Crippen MR) is 73.8 cm³/mol. The number of hydrogen-bond acceptors (Lipinski definition) is 4. The zero-order chi connectivity index (χ0) is 12.8. The molecule has 0 spiro atoms. The van der Waals surface area contributed by atoms with Gasteiger partial charge in [0.05, 0.1) is 13.2 Å². The van der Waals surface area contributed by atoms with Gasteiger partial charge in [0.2, 0.25) is 0 Å². The molecule has 1 saturated heterocycles. The summed E-state index contributed by atoms with van der Waals surface area (Å²) in [6.07, 6.45) is 1.87. The van der Waals surface area contributed by atoms with E-state index in [1.54, 1.807) is 0 Å². The first-order chi connectivity index (χ1) is 8.77. The van der Waals surface area contributed by atoms with Crippen molar-refractivity contribution in [3.63, 3.8) is 0 Å². The van der Waals surface area contributed by atoms with Crippen molar-refractivity contribution in [2.45, 2.75) is 20.4 Å². The Balaban J connectivity index is 2.00. The van der Waals surface area contributed by atoms with E-state index in [-0.39, 0.29) is 0 Å². The molecule has 4 heteroatoms. The van der Waals surface area contributed by atoms with E-state index in [1.165, 1.54) is 5.56 Å². The minimum absolute atomic E-state index is 0.675. The SMILES string of the molecule is CC(C)CNCc1cccnc1N1CCOCC1. The number of nitrogens with zero attached hydrogens (tertiary/aromatic N) is 2. The molecule has 100 valence electrons. The van der Waals surface area contributed by atoms with Crippen LogP contribution in [0.15, 0.2) is 18.3 Å². The van der Waals surface area contributed by atoms with Gasteiger partial charge in [0.1, 0.15) is 5.82 Å². The van der Waals surface area contributed by atoms with Crippen molar-refractivity contribution in [1.82, 2.24) is 10.3 Å². The van der Waals surface area contributed by atoms with Crippen LogP contribution in [0, 0.1) is 5.92 Å². The highest BCUT2D eigenvalue weighted by molar-refractivity contribution is 5.46. The molecule has 2 rings (SSSR count). The van der Waals surface area contributed by atoms with Crippen LogP contribution in [-0.2, 0) is 11.3 Å². The van der Waals surface area contributed by atoms with E-state index in [0.717, 1.165) is 45.2 Å². The molecule has 1 aliphatic heterocycles. The molecule has 0 bridgehead atoms. The molecule has 1 aliphatic rings. The quantitative estimate of drug-likeness (QED) is 0.861. The van der Waals surface area contributed by atoms with Crippen molar-refractivity contribution >= 4 is 5.82 Å². The number of nitrogens with one attached hydrogen (secondary N) is 1. The van der Waals surface area contributed by atoms with Crippen LogP contribution in [0.5, 0.6) is 0 Å². The van der Waals surface area contributed by atoms with Crippen molar-refractivity contribution in [3.8, 4) is 0 Å². The maximum atomic E-state index is 5.39. The summed E-state index contributed by atoms with van der Waals surface area (Å²) in [5, 5.41) is 3.48. The highest BCUT2D eigenvalue weighted by Crippen LogP contribution is 2.18. The van der Waals surface area contributed by atoms with Crippen LogP contribution in [0.4, 0.5) is 5.82 Å². The summed E-state index contributed by atoms with van der Waals surface area (Å²) in [6.45, 7) is 9.85. The fraction of sp³-hybridized carbons (Fsp3) is 0.643. The van der Waals surface area contributed by atoms with Crippen molar-refractivity contribution in [3.05, 3.63) is 23.9 Å². The van der Waals surface area contributed by atoms with Gasteiger partial charge in [-0.3, -0.25) is 0 Å². The average molecular weight is 249 g/mol. The molecule has 1 fully saturated rings. The number of pyridine rings is 1. The Morgan fingerprint density at radius 1 is 1.39 bits per heavy atom. The first-order valence-corrected chi connectivity index (χ1v) is 6.74. The highest BCUT2D eigenvalue weighted by atomic mass is 16.5. The van der Waals surface area contributed by atoms with E-state index in [2.05, 4.69) is 35.1 Å². The zero-order valence-corrected chi connectivity index (χ0v) is 11.4. The molecule has 0 aromatic carbocycles. The zero-order valence-electron chi connectivity index (χ0n) is 11.4. The third kappa shape index (κ3) is 3.68. The van der Waals surface area contributed by atoms with Gasteiger partial charge in [0.15, 0.2) is 0 Å². The number of ether oxygens (including phenoxy) is 1. The standard InChI is InChI=1S/C14H23N3O/c1-12(2)10-15-11-13-4-3-5-16-14(13)17-6-8-18-9-7-17/h3-5,12,15H,6-11H2,1-2H3. The maximum Gasteiger partial charge on any atom is 0.133 e. The van der Waals surface area contributed by atoms with Crippen LogP contribution in [0.3, 0.4) is 0 Å². The molecular weight excluding hydrogens is 226 g/mol. The predicted octanol–water partition coefficient (Wildman–Crippen LogP) is 1.66. The Hall–Kier alpha value is -1.13. The van der Waals surface area contributed by atoms with Gasteiger partial charge in [-0.15, -0.1) is 0 Å². The number of anilines is 1. The third-order valence-corrected chi connectivity index (χ3v) is 3.05. The second kappa shape index (κ2) is 6.71. The van der Waals surface area contributed by atoms with Gasteiger partial charge in [-0.1, -0.05) is 19.9 Å². The fourth-order valence-electron chi connectivity index (χ4n) is 2.12. The summed E-state index contributed by atoms with van der Waals surface area (Å²) >= 11 is 0. The lowest BCUT2D eigenvalue weighted by atomic mass is 10.2. The number of morpholine rings is 1. The monoisotopic (exact) mass is 249 g/mol. The summed E-state index contributed by atoms with van der Waals surface area (Å²) in [6, 6.07) is 4.17. The van der Waals surface area contributed by atoms with E-state index < -0.39 is 0 Å². The second-order valence-electron chi connectivity index (χ2n) is 5.11. The van der Waals surface area contributed by atoms with Gasteiger partial charge >= 0.3 is 0 Å². The lowest BCUT2D eigenvalue weighted by molar-refractivity contribution is 0.122. The lowest BCUT2D eigenvalue weighted by Crippen LogP contribution is -2.37. The van der Waals surface area contributed by atoms with Crippen molar-refractivity contribution in [2.75, 3.05) is 37.7 Å². The third-order valence-electron chi connectivity index (χ3n) is 3.05. The molecule has 0 saturated carbocycles. The number of aromatic nitrogens is 1. The second-order valence-corrected chi connectivity index (χ2v) is 5.11. The first kappa shape index (κ1) is 13.3. The van der Waals surface area contributed by atoms with Crippen LogP contribution in [-0.4, -0.2) is 37.8 Å². The van der Waals surface area contributed by atoms with Gasteiger partial charge in [-0.05, 0) is 18.5 Å². The molecule has 4 nitrogen and oxygen atoms in total. The van der Waals surface area contributed by atoms with Gasteiger partial charge in [0, 0.05) is 31.4 Å². The molecule has 0 atom stereocenters. The Kier molecular flexibility index (Phi) is 4.96. The number of hydrogen-bond donors (Lipinski definition) is 1. The molecule has 18 heavy (non-hydrogen) atoms. The number of rotatable bonds is 5. The summed E-state index contributed by atoms with van der Waals surface area (Å²) in [5.41, 5.74) is 1.28. The van der Waals surface area contributed by atoms with Gasteiger partial charge in [-0.2, -0.15) is 0 Å². The van der Waals surface area contributed by atoms with E-state index in [1.807, 2.05) is 12.3 Å². The van der Waals surface area contributed by atoms with E-state index in [9.17, 15) is 0 Å². The summed E-state index contributed by atoms with van der Waals surface area (Å²) < 4.78 is 5.39. The Morgan fingerprint density at radius 3 is 2.89 bits per heavy atom. The molecule has 2 heterocycles. The smallest absolute Gasteiger partial charge is 0.133 e. The maximum absolute atomic E-state index is 5.39. The van der Waals surface area contributed by atoms with Crippen LogP contribution >= 0.6 is 0 Å². The average Bonchev–Trinajstić information content (AvgIpc) is 2.40. The summed E-state index contributed by atoms with van der Waals surface area (Å²) in [4.78, 5) is 6.85. The minimum Gasteiger partial charge on any atom is -0.378 e. The van der Waals surface area contributed by atoms with Gasteiger partial charge in [-0.25, -0.2) is 4.98 Å². The highest BCUT2D eigenvalue weighted by Gasteiger charge is 2.15. The van der Waals surface area contributed by atoms with Crippen molar-refractivity contribution in [2.24, 2.45) is 5.92 Å². The Bertz CT molecular complexity index is 362. The van der Waals surface area contributed by atoms with Crippen molar-refractivity contribution < 1.29 is 4.74 Å². The Labute approximate surface area is 109 Å². The molecule has 1 aromatic rings. The first-order valence-electron chi connectivity index (χ1n) is 6.74. The van der Waals surface area contributed by atoms with Crippen LogP contribution in [0.2, 0.25) is 0 Å². The molecule has 0 aliphatic carbocycles. The van der Waals surface area contributed by atoms with E-state index in [0.29, 0.717) is 5.92 Å². The topological polar surface area (TPSA) is 37.4 Å². The van der Waals surface area contributed by atoms with Crippen LogP contribution < -0.4 is 10.2 Å². The van der Waals surface area contributed by atoms with Crippen LogP contribution in [0.25, 0.3) is 0 Å².